The van der Waals surface area contributed by atoms with Gasteiger partial charge >= 0.3 is 5.97 Å². The second kappa shape index (κ2) is 9.99. The molecule has 0 aliphatic carbocycles. The van der Waals surface area contributed by atoms with E-state index in [0.29, 0.717) is 12.2 Å². The number of carbonyl (C=O) groups excluding carboxylic acids is 3. The number of hydrazine groups is 1. The van der Waals surface area contributed by atoms with Gasteiger partial charge in [0.2, 0.25) is 11.8 Å². The molecule has 126 valence electrons. The number of halogens is 1. The van der Waals surface area contributed by atoms with Gasteiger partial charge in [0, 0.05) is 11.4 Å². The van der Waals surface area contributed by atoms with Crippen LogP contribution in [0.3, 0.4) is 0 Å². The number of amides is 2. The van der Waals surface area contributed by atoms with Crippen molar-refractivity contribution in [1.82, 2.24) is 10.9 Å². The van der Waals surface area contributed by atoms with E-state index in [1.165, 1.54) is 6.92 Å². The molecule has 2 amide bonds. The van der Waals surface area contributed by atoms with E-state index in [9.17, 15) is 14.4 Å². The van der Waals surface area contributed by atoms with Gasteiger partial charge in [0.15, 0.2) is 0 Å². The number of nitrogens with one attached hydrogen (secondary N) is 2. The van der Waals surface area contributed by atoms with E-state index in [1.807, 2.05) is 13.0 Å². The zero-order valence-electron chi connectivity index (χ0n) is 13.2. The molecule has 0 fully saturated rings. The highest BCUT2D eigenvalue weighted by Gasteiger charge is 2.25. The number of ether oxygens (including phenoxy) is 1. The Labute approximate surface area is 144 Å². The Hall–Kier alpha value is -1.89. The van der Waals surface area contributed by atoms with Crippen molar-refractivity contribution in [2.24, 2.45) is 0 Å². The SMILES string of the molecule is CCCCOC(=O)CC(C(=O)NNC(C)=O)c1cccc(Br)c1. The first-order chi connectivity index (χ1) is 10.9. The van der Waals surface area contributed by atoms with Gasteiger partial charge in [-0.25, -0.2) is 0 Å². The maximum absolute atomic E-state index is 12.3. The number of esters is 1. The van der Waals surface area contributed by atoms with Gasteiger partial charge in [0.1, 0.15) is 0 Å². The molecule has 23 heavy (non-hydrogen) atoms. The first kappa shape index (κ1) is 19.2. The molecule has 0 aliphatic rings. The van der Waals surface area contributed by atoms with Gasteiger partial charge in [0.05, 0.1) is 18.9 Å². The summed E-state index contributed by atoms with van der Waals surface area (Å²) in [7, 11) is 0. The molecule has 0 bridgehead atoms. The molecule has 0 heterocycles. The van der Waals surface area contributed by atoms with Crippen LogP contribution in [0.4, 0.5) is 0 Å². The van der Waals surface area contributed by atoms with Crippen molar-refractivity contribution in [3.63, 3.8) is 0 Å². The van der Waals surface area contributed by atoms with Gasteiger partial charge in [-0.05, 0) is 24.1 Å². The van der Waals surface area contributed by atoms with Gasteiger partial charge in [0.25, 0.3) is 0 Å². The van der Waals surface area contributed by atoms with Crippen LogP contribution in [0, 0.1) is 0 Å². The highest BCUT2D eigenvalue weighted by atomic mass is 79.9. The fourth-order valence-corrected chi connectivity index (χ4v) is 2.29. The van der Waals surface area contributed by atoms with Crippen LogP contribution in [-0.2, 0) is 19.1 Å². The molecule has 1 aromatic rings. The predicted molar refractivity (Wildman–Crippen MR) is 89.3 cm³/mol. The Bertz CT molecular complexity index is 563. The van der Waals surface area contributed by atoms with Crippen molar-refractivity contribution in [1.29, 1.82) is 0 Å². The van der Waals surface area contributed by atoms with Crippen LogP contribution in [0.15, 0.2) is 28.7 Å². The second-order valence-electron chi connectivity index (χ2n) is 5.06. The van der Waals surface area contributed by atoms with Crippen molar-refractivity contribution in [2.45, 2.75) is 39.0 Å². The summed E-state index contributed by atoms with van der Waals surface area (Å²) in [6.45, 7) is 3.63. The third kappa shape index (κ3) is 7.27. The van der Waals surface area contributed by atoms with Crippen LogP contribution in [0.25, 0.3) is 0 Å². The largest absolute Gasteiger partial charge is 0.466 e. The fraction of sp³-hybridized carbons (Fsp3) is 0.438. The van der Waals surface area contributed by atoms with Crippen LogP contribution < -0.4 is 10.9 Å². The molecule has 1 aromatic carbocycles. The molecular weight excluding hydrogens is 364 g/mol. The Balaban J connectivity index is 2.81. The average Bonchev–Trinajstić information content (AvgIpc) is 2.50. The first-order valence-electron chi connectivity index (χ1n) is 7.41. The standard InChI is InChI=1S/C16H21BrN2O4/c1-3-4-8-23-15(21)10-14(16(22)19-18-11(2)20)12-6-5-7-13(17)9-12/h5-7,9,14H,3-4,8,10H2,1-2H3,(H,18,20)(H,19,22). The molecule has 1 atom stereocenters. The monoisotopic (exact) mass is 384 g/mol. The minimum Gasteiger partial charge on any atom is -0.466 e. The molecule has 0 spiro atoms. The lowest BCUT2D eigenvalue weighted by molar-refractivity contribution is -0.145. The van der Waals surface area contributed by atoms with E-state index in [-0.39, 0.29) is 6.42 Å². The quantitative estimate of drug-likeness (QED) is 0.429. The summed E-state index contributed by atoms with van der Waals surface area (Å²) >= 11 is 3.34. The third-order valence-electron chi connectivity index (χ3n) is 3.06. The normalized spacial score (nSPS) is 11.4. The number of benzene rings is 1. The number of hydrogen-bond donors (Lipinski definition) is 2. The molecule has 6 nitrogen and oxygen atoms in total. The summed E-state index contributed by atoms with van der Waals surface area (Å²) in [5.74, 6) is -2.04. The van der Waals surface area contributed by atoms with Crippen molar-refractivity contribution in [3.8, 4) is 0 Å². The lowest BCUT2D eigenvalue weighted by Gasteiger charge is -2.17. The van der Waals surface area contributed by atoms with Gasteiger partial charge in [-0.3, -0.25) is 25.2 Å². The topological polar surface area (TPSA) is 84.5 Å². The van der Waals surface area contributed by atoms with Crippen LogP contribution in [0.2, 0.25) is 0 Å². The molecule has 0 saturated heterocycles. The van der Waals surface area contributed by atoms with Gasteiger partial charge in [-0.1, -0.05) is 41.4 Å². The smallest absolute Gasteiger partial charge is 0.306 e. The molecule has 1 unspecified atom stereocenters. The molecular formula is C16H21BrN2O4. The van der Waals surface area contributed by atoms with E-state index in [2.05, 4.69) is 26.8 Å². The Morgan fingerprint density at radius 1 is 1.26 bits per heavy atom. The molecule has 1 rings (SSSR count). The van der Waals surface area contributed by atoms with E-state index < -0.39 is 23.7 Å². The number of unbranched alkanes of at least 4 members (excludes halogenated alkanes) is 1. The minimum atomic E-state index is -0.742. The summed E-state index contributed by atoms with van der Waals surface area (Å²) in [6, 6.07) is 7.12. The Morgan fingerprint density at radius 3 is 2.61 bits per heavy atom. The maximum atomic E-state index is 12.3. The van der Waals surface area contributed by atoms with Crippen LogP contribution in [-0.4, -0.2) is 24.4 Å². The summed E-state index contributed by atoms with van der Waals surface area (Å²) in [4.78, 5) is 35.1. The van der Waals surface area contributed by atoms with Crippen LogP contribution >= 0.6 is 15.9 Å². The zero-order chi connectivity index (χ0) is 17.2. The summed E-state index contributed by atoms with van der Waals surface area (Å²) < 4.78 is 5.92. The highest BCUT2D eigenvalue weighted by Crippen LogP contribution is 2.23. The lowest BCUT2D eigenvalue weighted by atomic mass is 9.95. The summed E-state index contributed by atoms with van der Waals surface area (Å²) in [5, 5.41) is 0. The molecule has 2 N–H and O–H groups in total. The Morgan fingerprint density at radius 2 is 2.00 bits per heavy atom. The van der Waals surface area contributed by atoms with E-state index >= 15 is 0 Å². The maximum Gasteiger partial charge on any atom is 0.306 e. The predicted octanol–water partition coefficient (Wildman–Crippen LogP) is 2.43. The molecule has 0 aromatic heterocycles. The zero-order valence-corrected chi connectivity index (χ0v) is 14.8. The molecule has 7 heteroatoms. The summed E-state index contributed by atoms with van der Waals surface area (Å²) in [5.41, 5.74) is 5.21. The lowest BCUT2D eigenvalue weighted by Crippen LogP contribution is -2.43. The van der Waals surface area contributed by atoms with Crippen molar-refractivity contribution >= 4 is 33.7 Å². The van der Waals surface area contributed by atoms with Crippen LogP contribution in [0.5, 0.6) is 0 Å². The van der Waals surface area contributed by atoms with Crippen molar-refractivity contribution in [3.05, 3.63) is 34.3 Å². The van der Waals surface area contributed by atoms with Gasteiger partial charge in [-0.15, -0.1) is 0 Å². The van der Waals surface area contributed by atoms with Gasteiger partial charge in [-0.2, -0.15) is 0 Å². The fourth-order valence-electron chi connectivity index (χ4n) is 1.88. The number of rotatable bonds is 7. The highest BCUT2D eigenvalue weighted by molar-refractivity contribution is 9.10. The Kier molecular flexibility index (Phi) is 8.32. The molecule has 0 saturated carbocycles. The van der Waals surface area contributed by atoms with E-state index in [0.717, 1.165) is 17.3 Å². The van der Waals surface area contributed by atoms with Crippen LogP contribution in [0.1, 0.15) is 44.6 Å². The first-order valence-corrected chi connectivity index (χ1v) is 8.20. The molecule has 0 aliphatic heterocycles. The van der Waals surface area contributed by atoms with Crippen molar-refractivity contribution in [2.75, 3.05) is 6.61 Å². The minimum absolute atomic E-state index is 0.0917. The summed E-state index contributed by atoms with van der Waals surface area (Å²) in [6.07, 6.45) is 1.61. The van der Waals surface area contributed by atoms with Crippen molar-refractivity contribution < 1.29 is 19.1 Å². The van der Waals surface area contributed by atoms with Gasteiger partial charge < -0.3 is 4.74 Å². The average molecular weight is 385 g/mol. The second-order valence-corrected chi connectivity index (χ2v) is 5.97. The third-order valence-corrected chi connectivity index (χ3v) is 3.55. The van der Waals surface area contributed by atoms with E-state index in [4.69, 9.17) is 4.74 Å². The number of hydrogen-bond acceptors (Lipinski definition) is 4. The van der Waals surface area contributed by atoms with E-state index in [1.54, 1.807) is 18.2 Å². The number of carbonyl (C=O) groups is 3. The molecule has 0 radical (unpaired) electrons.